The van der Waals surface area contributed by atoms with E-state index >= 15 is 0 Å². The highest BCUT2D eigenvalue weighted by Crippen LogP contribution is 2.43. The van der Waals surface area contributed by atoms with Crippen LogP contribution >= 0.6 is 7.82 Å². The second-order valence-electron chi connectivity index (χ2n) is 19.1. The second kappa shape index (κ2) is 54.2. The highest BCUT2D eigenvalue weighted by molar-refractivity contribution is 7.47. The highest BCUT2D eigenvalue weighted by Gasteiger charge is 2.28. The van der Waals surface area contributed by atoms with Gasteiger partial charge in [0, 0.05) is 19.3 Å². The van der Waals surface area contributed by atoms with E-state index < -0.39 is 57.8 Å². The first-order valence-electron chi connectivity index (χ1n) is 28.8. The molecule has 3 unspecified atom stereocenters. The number of carbonyl (C=O) groups excluding carboxylic acids is 3. The summed E-state index contributed by atoms with van der Waals surface area (Å²) in [5.41, 5.74) is 0. The van der Waals surface area contributed by atoms with Gasteiger partial charge in [-0.05, 0) is 109 Å². The molecule has 0 aromatic heterocycles. The largest absolute Gasteiger partial charge is 0.472 e. The molecule has 0 radical (unpaired) electrons. The van der Waals surface area contributed by atoms with E-state index in [0.29, 0.717) is 19.3 Å². The van der Waals surface area contributed by atoms with Crippen LogP contribution in [0.2, 0.25) is 0 Å². The van der Waals surface area contributed by atoms with Crippen LogP contribution in [0.4, 0.5) is 0 Å². The van der Waals surface area contributed by atoms with E-state index in [1.54, 1.807) is 0 Å². The number of aliphatic hydroxyl groups is 1. The van der Waals surface area contributed by atoms with Gasteiger partial charge in [0.05, 0.1) is 19.8 Å². The van der Waals surface area contributed by atoms with Crippen molar-refractivity contribution in [2.45, 2.75) is 264 Å². The molecular formula is C60H105O11P. The maximum Gasteiger partial charge on any atom is 0.472 e. The van der Waals surface area contributed by atoms with Crippen LogP contribution in [0.5, 0.6) is 0 Å². The molecule has 3 atom stereocenters. The predicted octanol–water partition coefficient (Wildman–Crippen LogP) is 16.9. The molecule has 0 aromatic carbocycles. The van der Waals surface area contributed by atoms with Crippen molar-refractivity contribution in [3.05, 3.63) is 72.9 Å². The third-order valence-corrected chi connectivity index (χ3v) is 13.0. The Labute approximate surface area is 439 Å². The lowest BCUT2D eigenvalue weighted by Crippen LogP contribution is -2.30. The van der Waals surface area contributed by atoms with Crippen molar-refractivity contribution in [3.63, 3.8) is 0 Å². The third-order valence-electron chi connectivity index (χ3n) is 12.1. The molecule has 0 bridgehead atoms. The molecule has 0 aromatic rings. The smallest absolute Gasteiger partial charge is 0.462 e. The third kappa shape index (κ3) is 51.8. The number of hydrogen-bond acceptors (Lipinski definition) is 10. The Bertz CT molecular complexity index is 1490. The number of aliphatic hydroxyl groups excluding tert-OH is 1. The van der Waals surface area contributed by atoms with Gasteiger partial charge in [-0.1, -0.05) is 196 Å². The average Bonchev–Trinajstić information content (AvgIpc) is 3.37. The van der Waals surface area contributed by atoms with E-state index in [4.69, 9.17) is 23.3 Å². The quantitative estimate of drug-likeness (QED) is 0.0197. The minimum absolute atomic E-state index is 0.153. The van der Waals surface area contributed by atoms with Crippen LogP contribution in [0.15, 0.2) is 72.9 Å². The Morgan fingerprint density at radius 1 is 0.389 bits per heavy atom. The Kier molecular flexibility index (Phi) is 51.9. The molecule has 0 rings (SSSR count). The lowest BCUT2D eigenvalue weighted by Gasteiger charge is -2.21. The van der Waals surface area contributed by atoms with Gasteiger partial charge in [0.2, 0.25) is 0 Å². The maximum atomic E-state index is 12.9. The number of phosphoric ester groups is 1. The van der Waals surface area contributed by atoms with Crippen LogP contribution in [0.25, 0.3) is 0 Å². The van der Waals surface area contributed by atoms with Crippen molar-refractivity contribution in [2.75, 3.05) is 26.4 Å². The summed E-state index contributed by atoms with van der Waals surface area (Å²) in [5, 5.41) is 9.80. The van der Waals surface area contributed by atoms with E-state index in [9.17, 15) is 28.9 Å². The van der Waals surface area contributed by atoms with E-state index in [1.807, 2.05) is 0 Å². The minimum Gasteiger partial charge on any atom is -0.462 e. The number of unbranched alkanes of at least 4 members (excludes halogenated alkanes) is 24. The van der Waals surface area contributed by atoms with Crippen LogP contribution in [0, 0.1) is 0 Å². The number of hydrogen-bond donors (Lipinski definition) is 2. The van der Waals surface area contributed by atoms with Crippen molar-refractivity contribution in [1.82, 2.24) is 0 Å². The predicted molar refractivity (Wildman–Crippen MR) is 298 cm³/mol. The standard InChI is InChI=1S/C60H105O11P/c1-4-7-10-13-16-19-22-25-27-28-30-33-36-39-42-45-48-51-60(64)71-57(53-67-58(62)49-46-43-40-37-34-32-29-26-23-20-17-14-11-8-5-2)55-69-72(65,66)68-54-56(52-61)70-59(63)50-47-44-41-38-35-31-24-21-18-15-12-9-6-3/h12,15-17,19-21,24-27,29,56-57,61H,4-11,13-14,18,22-23,28,30-55H2,1-3H3,(H,65,66)/b15-12-,19-16-,20-17-,24-21-,27-25-,29-26-. The van der Waals surface area contributed by atoms with Crippen molar-refractivity contribution in [2.24, 2.45) is 0 Å². The number of carbonyl (C=O) groups is 3. The topological polar surface area (TPSA) is 155 Å². The minimum atomic E-state index is -4.76. The molecule has 72 heavy (non-hydrogen) atoms. The summed E-state index contributed by atoms with van der Waals surface area (Å²) in [6.07, 6.45) is 59.9. The Balaban J connectivity index is 4.77. The maximum absolute atomic E-state index is 12.9. The zero-order chi connectivity index (χ0) is 52.7. The van der Waals surface area contributed by atoms with Gasteiger partial charge in [-0.25, -0.2) is 4.57 Å². The molecule has 0 aliphatic heterocycles. The summed E-state index contributed by atoms with van der Waals surface area (Å²) >= 11 is 0. The highest BCUT2D eigenvalue weighted by atomic mass is 31.2. The van der Waals surface area contributed by atoms with Gasteiger partial charge in [0.1, 0.15) is 12.7 Å². The molecule has 0 aliphatic carbocycles. The van der Waals surface area contributed by atoms with E-state index in [1.165, 1.54) is 64.2 Å². The van der Waals surface area contributed by atoms with Gasteiger partial charge in [-0.15, -0.1) is 0 Å². The molecule has 0 amide bonds. The summed E-state index contributed by atoms with van der Waals surface area (Å²) < 4.78 is 39.5. The van der Waals surface area contributed by atoms with Crippen LogP contribution in [-0.2, 0) is 42.2 Å². The first-order valence-corrected chi connectivity index (χ1v) is 30.3. The molecule has 0 heterocycles. The molecule has 2 N–H and O–H groups in total. The van der Waals surface area contributed by atoms with Crippen LogP contribution < -0.4 is 0 Å². The first-order chi connectivity index (χ1) is 35.2. The van der Waals surface area contributed by atoms with Crippen LogP contribution in [0.3, 0.4) is 0 Å². The molecule has 0 aliphatic rings. The monoisotopic (exact) mass is 1030 g/mol. The summed E-state index contributed by atoms with van der Waals surface area (Å²) in [7, 11) is -4.76. The summed E-state index contributed by atoms with van der Waals surface area (Å²) in [5.74, 6) is -1.50. The summed E-state index contributed by atoms with van der Waals surface area (Å²) in [6, 6.07) is 0. The van der Waals surface area contributed by atoms with Gasteiger partial charge in [-0.2, -0.15) is 0 Å². The SMILES string of the molecule is CCC/C=C\C/C=C\CCCCCCCC(=O)OC(CO)COP(=O)(O)OCC(COC(=O)CCCCCCC/C=C\C/C=C\CCCCC)OC(=O)CCCCCCCCC/C=C\C/C=C\CCCCC. The summed E-state index contributed by atoms with van der Waals surface area (Å²) in [6.45, 7) is 4.49. The van der Waals surface area contributed by atoms with Crippen molar-refractivity contribution < 1.29 is 52.2 Å². The summed E-state index contributed by atoms with van der Waals surface area (Å²) in [4.78, 5) is 48.5. The van der Waals surface area contributed by atoms with Crippen molar-refractivity contribution in [3.8, 4) is 0 Å². The van der Waals surface area contributed by atoms with E-state index in [2.05, 4.69) is 93.7 Å². The van der Waals surface area contributed by atoms with Crippen molar-refractivity contribution in [1.29, 1.82) is 0 Å². The van der Waals surface area contributed by atoms with Crippen molar-refractivity contribution >= 4 is 25.7 Å². The zero-order valence-electron chi connectivity index (χ0n) is 45.9. The van der Waals surface area contributed by atoms with Gasteiger partial charge in [-0.3, -0.25) is 23.4 Å². The Morgan fingerprint density at radius 3 is 1.08 bits per heavy atom. The number of esters is 3. The average molecular weight is 1030 g/mol. The molecular weight excluding hydrogens is 928 g/mol. The lowest BCUT2D eigenvalue weighted by atomic mass is 10.1. The van der Waals surface area contributed by atoms with Crippen LogP contribution in [-0.4, -0.2) is 66.5 Å². The number of ether oxygens (including phenoxy) is 3. The molecule has 416 valence electrons. The number of allylic oxidation sites excluding steroid dienone is 12. The second-order valence-corrected chi connectivity index (χ2v) is 20.5. The van der Waals surface area contributed by atoms with Gasteiger partial charge < -0.3 is 24.2 Å². The molecule has 11 nitrogen and oxygen atoms in total. The fourth-order valence-electron chi connectivity index (χ4n) is 7.63. The lowest BCUT2D eigenvalue weighted by molar-refractivity contribution is -0.161. The number of rotatable bonds is 53. The fourth-order valence-corrected chi connectivity index (χ4v) is 8.41. The van der Waals surface area contributed by atoms with Crippen LogP contribution in [0.1, 0.15) is 252 Å². The first kappa shape index (κ1) is 68.9. The Morgan fingerprint density at radius 2 is 0.708 bits per heavy atom. The Hall–Kier alpha value is -3.08. The normalized spacial score (nSPS) is 13.9. The van der Waals surface area contributed by atoms with Gasteiger partial charge >= 0.3 is 25.7 Å². The number of phosphoric acid groups is 1. The van der Waals surface area contributed by atoms with E-state index in [-0.39, 0.29) is 25.9 Å². The molecule has 0 saturated heterocycles. The zero-order valence-corrected chi connectivity index (χ0v) is 46.8. The molecule has 12 heteroatoms. The van der Waals surface area contributed by atoms with E-state index in [0.717, 1.165) is 128 Å². The molecule has 0 spiro atoms. The van der Waals surface area contributed by atoms with Gasteiger partial charge in [0.15, 0.2) is 6.10 Å². The molecule has 0 fully saturated rings. The van der Waals surface area contributed by atoms with Gasteiger partial charge in [0.25, 0.3) is 0 Å². The fraction of sp³-hybridized carbons (Fsp3) is 0.750. The molecule has 0 saturated carbocycles.